The van der Waals surface area contributed by atoms with Crippen molar-refractivity contribution in [3.8, 4) is 0 Å². The Kier molecular flexibility index (Phi) is 3.38. The van der Waals surface area contributed by atoms with E-state index in [2.05, 4.69) is 10.3 Å². The lowest BCUT2D eigenvalue weighted by Crippen LogP contribution is -2.19. The molecule has 0 unspecified atom stereocenters. The van der Waals surface area contributed by atoms with Gasteiger partial charge in [-0.05, 0) is 12.1 Å². The zero-order valence-corrected chi connectivity index (χ0v) is 8.65. The van der Waals surface area contributed by atoms with Gasteiger partial charge in [-0.1, -0.05) is 13.8 Å². The summed E-state index contributed by atoms with van der Waals surface area (Å²) in [5, 5.41) is 2.58. The molecule has 0 atom stereocenters. The zero-order chi connectivity index (χ0) is 11.4. The van der Waals surface area contributed by atoms with Crippen LogP contribution in [0.5, 0.6) is 0 Å². The molecular weight excluding hydrogens is 194 g/mol. The van der Waals surface area contributed by atoms with Crippen molar-refractivity contribution < 1.29 is 9.59 Å². The highest BCUT2D eigenvalue weighted by molar-refractivity contribution is 5.95. The van der Waals surface area contributed by atoms with Gasteiger partial charge in [0.2, 0.25) is 11.8 Å². The first-order chi connectivity index (χ1) is 7.00. The lowest BCUT2D eigenvalue weighted by atomic mass is 10.2. The number of rotatable bonds is 3. The SMILES string of the molecule is CC(C)C(=O)Nc1cc(C(N)=O)ccn1. The standard InChI is InChI=1S/C10H13N3O2/c1-6(2)10(15)13-8-5-7(9(11)14)3-4-12-8/h3-6H,1-2H3,(H2,11,14)(H,12,13,15). The number of primary amides is 1. The number of anilines is 1. The smallest absolute Gasteiger partial charge is 0.248 e. The van der Waals surface area contributed by atoms with E-state index in [1.807, 2.05) is 0 Å². The van der Waals surface area contributed by atoms with E-state index in [1.54, 1.807) is 13.8 Å². The van der Waals surface area contributed by atoms with Crippen LogP contribution >= 0.6 is 0 Å². The summed E-state index contributed by atoms with van der Waals surface area (Å²) in [6, 6.07) is 2.94. The number of pyridine rings is 1. The van der Waals surface area contributed by atoms with E-state index < -0.39 is 5.91 Å². The normalized spacial score (nSPS) is 10.1. The third-order valence-electron chi connectivity index (χ3n) is 1.82. The summed E-state index contributed by atoms with van der Waals surface area (Å²) >= 11 is 0. The minimum atomic E-state index is -0.544. The largest absolute Gasteiger partial charge is 0.366 e. The molecule has 1 aromatic heterocycles. The van der Waals surface area contributed by atoms with Crippen LogP contribution < -0.4 is 11.1 Å². The predicted octanol–water partition coefficient (Wildman–Crippen LogP) is 0.775. The molecule has 5 heteroatoms. The first-order valence-electron chi connectivity index (χ1n) is 4.57. The third-order valence-corrected chi connectivity index (χ3v) is 1.82. The van der Waals surface area contributed by atoms with E-state index >= 15 is 0 Å². The Morgan fingerprint density at radius 3 is 2.67 bits per heavy atom. The number of aromatic nitrogens is 1. The van der Waals surface area contributed by atoms with Crippen molar-refractivity contribution in [1.29, 1.82) is 0 Å². The average Bonchev–Trinajstić information content (AvgIpc) is 2.18. The number of carbonyl (C=O) groups excluding carboxylic acids is 2. The second-order valence-corrected chi connectivity index (χ2v) is 3.44. The molecule has 1 aromatic rings. The van der Waals surface area contributed by atoms with E-state index in [-0.39, 0.29) is 11.8 Å². The van der Waals surface area contributed by atoms with Gasteiger partial charge in [0.15, 0.2) is 0 Å². The van der Waals surface area contributed by atoms with Crippen molar-refractivity contribution in [3.63, 3.8) is 0 Å². The van der Waals surface area contributed by atoms with Gasteiger partial charge in [0.1, 0.15) is 5.82 Å². The summed E-state index contributed by atoms with van der Waals surface area (Å²) in [6.45, 7) is 3.54. The molecule has 0 radical (unpaired) electrons. The van der Waals surface area contributed by atoms with E-state index in [1.165, 1.54) is 18.3 Å². The number of hydrogen-bond acceptors (Lipinski definition) is 3. The number of amides is 2. The molecule has 0 bridgehead atoms. The van der Waals surface area contributed by atoms with Gasteiger partial charge in [0.05, 0.1) is 0 Å². The highest BCUT2D eigenvalue weighted by Crippen LogP contribution is 2.07. The maximum Gasteiger partial charge on any atom is 0.248 e. The molecular formula is C10H13N3O2. The minimum Gasteiger partial charge on any atom is -0.366 e. The third kappa shape index (κ3) is 3.05. The monoisotopic (exact) mass is 207 g/mol. The van der Waals surface area contributed by atoms with E-state index in [4.69, 9.17) is 5.73 Å². The minimum absolute atomic E-state index is 0.135. The molecule has 80 valence electrons. The van der Waals surface area contributed by atoms with E-state index in [0.29, 0.717) is 11.4 Å². The van der Waals surface area contributed by atoms with Crippen molar-refractivity contribution in [2.75, 3.05) is 5.32 Å². The second-order valence-electron chi connectivity index (χ2n) is 3.44. The Morgan fingerprint density at radius 2 is 2.13 bits per heavy atom. The molecule has 2 amide bonds. The fraction of sp³-hybridized carbons (Fsp3) is 0.300. The molecule has 0 aliphatic carbocycles. The van der Waals surface area contributed by atoms with E-state index in [0.717, 1.165) is 0 Å². The maximum atomic E-state index is 11.3. The number of nitrogens with zero attached hydrogens (tertiary/aromatic N) is 1. The molecule has 15 heavy (non-hydrogen) atoms. The molecule has 1 rings (SSSR count). The van der Waals surface area contributed by atoms with Gasteiger partial charge in [-0.2, -0.15) is 0 Å². The summed E-state index contributed by atoms with van der Waals surface area (Å²) in [6.07, 6.45) is 1.43. The van der Waals surface area contributed by atoms with Crippen molar-refractivity contribution in [2.24, 2.45) is 11.7 Å². The molecule has 0 aromatic carbocycles. The molecule has 0 saturated carbocycles. The lowest BCUT2D eigenvalue weighted by Gasteiger charge is -2.06. The first kappa shape index (κ1) is 11.2. The van der Waals surface area contributed by atoms with Gasteiger partial charge in [0.25, 0.3) is 0 Å². The summed E-state index contributed by atoms with van der Waals surface area (Å²) < 4.78 is 0. The fourth-order valence-corrected chi connectivity index (χ4v) is 0.923. The second kappa shape index (κ2) is 4.54. The summed E-state index contributed by atoms with van der Waals surface area (Å²) in [5.41, 5.74) is 5.42. The van der Waals surface area contributed by atoms with Crippen LogP contribution in [-0.2, 0) is 4.79 Å². The zero-order valence-electron chi connectivity index (χ0n) is 8.65. The fourth-order valence-electron chi connectivity index (χ4n) is 0.923. The number of nitrogens with two attached hydrogens (primary N) is 1. The van der Waals surface area contributed by atoms with Crippen LogP contribution in [0.1, 0.15) is 24.2 Å². The Labute approximate surface area is 87.7 Å². The predicted molar refractivity (Wildman–Crippen MR) is 56.2 cm³/mol. The van der Waals surface area contributed by atoms with Crippen LogP contribution in [-0.4, -0.2) is 16.8 Å². The van der Waals surface area contributed by atoms with Crippen molar-refractivity contribution in [1.82, 2.24) is 4.98 Å². The van der Waals surface area contributed by atoms with Crippen LogP contribution in [0, 0.1) is 5.92 Å². The first-order valence-corrected chi connectivity index (χ1v) is 4.57. The Hall–Kier alpha value is -1.91. The number of carbonyl (C=O) groups is 2. The average molecular weight is 207 g/mol. The van der Waals surface area contributed by atoms with Crippen LogP contribution in [0.25, 0.3) is 0 Å². The van der Waals surface area contributed by atoms with Gasteiger partial charge in [-0.15, -0.1) is 0 Å². The molecule has 0 fully saturated rings. The maximum absolute atomic E-state index is 11.3. The van der Waals surface area contributed by atoms with Gasteiger partial charge in [0, 0.05) is 17.7 Å². The van der Waals surface area contributed by atoms with Crippen molar-refractivity contribution in [3.05, 3.63) is 23.9 Å². The molecule has 0 spiro atoms. The van der Waals surface area contributed by atoms with Crippen LogP contribution in [0.4, 0.5) is 5.82 Å². The lowest BCUT2D eigenvalue weighted by molar-refractivity contribution is -0.118. The van der Waals surface area contributed by atoms with Crippen LogP contribution in [0.15, 0.2) is 18.3 Å². The number of hydrogen-bond donors (Lipinski definition) is 2. The van der Waals surface area contributed by atoms with Crippen LogP contribution in [0.3, 0.4) is 0 Å². The Bertz CT molecular complexity index is 388. The summed E-state index contributed by atoms with van der Waals surface area (Å²) in [7, 11) is 0. The quantitative estimate of drug-likeness (QED) is 0.767. The summed E-state index contributed by atoms with van der Waals surface area (Å²) in [5.74, 6) is -0.490. The van der Waals surface area contributed by atoms with Gasteiger partial charge < -0.3 is 11.1 Å². The highest BCUT2D eigenvalue weighted by Gasteiger charge is 2.09. The van der Waals surface area contributed by atoms with E-state index in [9.17, 15) is 9.59 Å². The Balaban J connectivity index is 2.83. The Morgan fingerprint density at radius 1 is 1.47 bits per heavy atom. The molecule has 0 aliphatic heterocycles. The van der Waals surface area contributed by atoms with Crippen LogP contribution in [0.2, 0.25) is 0 Å². The van der Waals surface area contributed by atoms with Gasteiger partial charge in [-0.25, -0.2) is 4.98 Å². The van der Waals surface area contributed by atoms with Gasteiger partial charge in [-0.3, -0.25) is 9.59 Å². The molecule has 5 nitrogen and oxygen atoms in total. The van der Waals surface area contributed by atoms with Gasteiger partial charge >= 0.3 is 0 Å². The molecule has 1 heterocycles. The summed E-state index contributed by atoms with van der Waals surface area (Å²) in [4.78, 5) is 26.1. The highest BCUT2D eigenvalue weighted by atomic mass is 16.2. The molecule has 0 saturated heterocycles. The topological polar surface area (TPSA) is 85.1 Å². The molecule has 0 aliphatic rings. The van der Waals surface area contributed by atoms with Crippen molar-refractivity contribution >= 4 is 17.6 Å². The van der Waals surface area contributed by atoms with Crippen molar-refractivity contribution in [2.45, 2.75) is 13.8 Å². The number of nitrogens with one attached hydrogen (secondary N) is 1. The molecule has 3 N–H and O–H groups in total.